The van der Waals surface area contributed by atoms with Crippen molar-refractivity contribution in [3.05, 3.63) is 53.0 Å². The van der Waals surface area contributed by atoms with Gasteiger partial charge in [0.05, 0.1) is 0 Å². The van der Waals surface area contributed by atoms with E-state index in [1.807, 2.05) is 0 Å². The van der Waals surface area contributed by atoms with E-state index in [1.165, 1.54) is 28.8 Å². The lowest BCUT2D eigenvalue weighted by Crippen LogP contribution is -2.05. The first kappa shape index (κ1) is 12.2. The van der Waals surface area contributed by atoms with Crippen molar-refractivity contribution in [2.24, 2.45) is 0 Å². The fourth-order valence-electron chi connectivity index (χ4n) is 2.59. The molecule has 3 heteroatoms. The van der Waals surface area contributed by atoms with Crippen molar-refractivity contribution in [3.63, 3.8) is 0 Å². The number of hydrogen-bond donors (Lipinski definition) is 1. The molecular formula is C16H19N3. The van der Waals surface area contributed by atoms with E-state index in [-0.39, 0.29) is 0 Å². The molecule has 0 bridgehead atoms. The molecule has 1 aromatic carbocycles. The molecule has 1 aliphatic carbocycles. The largest absolute Gasteiger partial charge is 0.366 e. The van der Waals surface area contributed by atoms with Crippen LogP contribution in [0.25, 0.3) is 0 Å². The first-order valence-electron chi connectivity index (χ1n) is 7.01. The van der Waals surface area contributed by atoms with Crippen molar-refractivity contribution in [2.45, 2.75) is 39.2 Å². The molecule has 1 N–H and O–H groups in total. The van der Waals surface area contributed by atoms with Gasteiger partial charge in [0.2, 0.25) is 0 Å². The summed E-state index contributed by atoms with van der Waals surface area (Å²) in [4.78, 5) is 8.72. The summed E-state index contributed by atoms with van der Waals surface area (Å²) in [5, 5.41) is 3.45. The third-order valence-electron chi connectivity index (χ3n) is 3.77. The van der Waals surface area contributed by atoms with E-state index >= 15 is 0 Å². The Morgan fingerprint density at radius 3 is 2.63 bits per heavy atom. The topological polar surface area (TPSA) is 37.8 Å². The molecule has 3 rings (SSSR count). The molecule has 0 spiro atoms. The Balaban J connectivity index is 1.70. The fraction of sp³-hybridized carbons (Fsp3) is 0.375. The van der Waals surface area contributed by atoms with Crippen LogP contribution in [0.3, 0.4) is 0 Å². The summed E-state index contributed by atoms with van der Waals surface area (Å²) in [6.45, 7) is 3.00. The lowest BCUT2D eigenvalue weighted by Gasteiger charge is -2.10. The van der Waals surface area contributed by atoms with Crippen LogP contribution in [0.15, 0.2) is 30.6 Å². The zero-order valence-corrected chi connectivity index (χ0v) is 11.3. The van der Waals surface area contributed by atoms with E-state index in [0.29, 0.717) is 0 Å². The highest BCUT2D eigenvalue weighted by molar-refractivity contribution is 5.48. The molecule has 1 aliphatic rings. The minimum absolute atomic E-state index is 0.827. The van der Waals surface area contributed by atoms with Crippen LogP contribution in [0.5, 0.6) is 0 Å². The molecule has 0 aliphatic heterocycles. The van der Waals surface area contributed by atoms with Crippen molar-refractivity contribution in [1.82, 2.24) is 9.97 Å². The maximum Gasteiger partial charge on any atom is 0.133 e. The number of nitrogens with zero attached hydrogens (tertiary/aromatic N) is 2. The maximum atomic E-state index is 4.38. The van der Waals surface area contributed by atoms with Gasteiger partial charge in [0, 0.05) is 17.8 Å². The Bertz CT molecular complexity index is 561. The van der Waals surface area contributed by atoms with Crippen LogP contribution in [0, 0.1) is 0 Å². The number of benzene rings is 1. The molecular weight excluding hydrogens is 234 g/mol. The van der Waals surface area contributed by atoms with Gasteiger partial charge in [0.1, 0.15) is 12.1 Å². The molecule has 0 unspecified atom stereocenters. The Hall–Kier alpha value is -1.90. The van der Waals surface area contributed by atoms with Crippen LogP contribution in [-0.4, -0.2) is 9.97 Å². The quantitative estimate of drug-likeness (QED) is 0.909. The molecule has 1 heterocycles. The summed E-state index contributed by atoms with van der Waals surface area (Å²) in [5.74, 6) is 1.02. The molecule has 2 aromatic rings. The normalized spacial score (nSPS) is 13.3. The molecule has 0 amide bonds. The van der Waals surface area contributed by atoms with E-state index < -0.39 is 0 Å². The molecule has 0 fully saturated rings. The molecule has 1 aromatic heterocycles. The van der Waals surface area contributed by atoms with E-state index in [1.54, 1.807) is 6.33 Å². The number of fused-ring (bicyclic) bond motifs is 1. The second kappa shape index (κ2) is 5.39. The standard InChI is InChI=1S/C16H19N3/c1-2-12-6-8-13(9-7-12)10-17-16-14-4-3-5-15(14)18-11-19-16/h6-9,11H,2-5,10H2,1H3,(H,17,18,19). The molecule has 3 nitrogen and oxygen atoms in total. The highest BCUT2D eigenvalue weighted by atomic mass is 15.0. The summed E-state index contributed by atoms with van der Waals surface area (Å²) in [5.41, 5.74) is 5.21. The average molecular weight is 253 g/mol. The molecule has 98 valence electrons. The summed E-state index contributed by atoms with van der Waals surface area (Å²) < 4.78 is 0. The van der Waals surface area contributed by atoms with Gasteiger partial charge in [-0.25, -0.2) is 9.97 Å². The van der Waals surface area contributed by atoms with Crippen molar-refractivity contribution >= 4 is 5.82 Å². The van der Waals surface area contributed by atoms with Gasteiger partial charge in [-0.05, 0) is 36.8 Å². The van der Waals surface area contributed by atoms with Crippen molar-refractivity contribution in [2.75, 3.05) is 5.32 Å². The fourth-order valence-corrected chi connectivity index (χ4v) is 2.59. The number of rotatable bonds is 4. The zero-order valence-electron chi connectivity index (χ0n) is 11.3. The zero-order chi connectivity index (χ0) is 13.1. The SMILES string of the molecule is CCc1ccc(CNc2ncnc3c2CCC3)cc1. The van der Waals surface area contributed by atoms with E-state index in [4.69, 9.17) is 0 Å². The van der Waals surface area contributed by atoms with E-state index in [2.05, 4.69) is 46.5 Å². The highest BCUT2D eigenvalue weighted by Gasteiger charge is 2.16. The van der Waals surface area contributed by atoms with Gasteiger partial charge < -0.3 is 5.32 Å². The Morgan fingerprint density at radius 1 is 1.05 bits per heavy atom. The summed E-state index contributed by atoms with van der Waals surface area (Å²) >= 11 is 0. The van der Waals surface area contributed by atoms with Gasteiger partial charge in [-0.1, -0.05) is 31.2 Å². The molecule has 0 saturated carbocycles. The summed E-state index contributed by atoms with van der Waals surface area (Å²) in [6.07, 6.45) is 6.17. The first-order chi connectivity index (χ1) is 9.36. The van der Waals surface area contributed by atoms with Gasteiger partial charge in [0.15, 0.2) is 0 Å². The van der Waals surface area contributed by atoms with Crippen molar-refractivity contribution in [1.29, 1.82) is 0 Å². The number of hydrogen-bond acceptors (Lipinski definition) is 3. The van der Waals surface area contributed by atoms with Crippen LogP contribution in [-0.2, 0) is 25.8 Å². The lowest BCUT2D eigenvalue weighted by molar-refractivity contribution is 0.899. The summed E-state index contributed by atoms with van der Waals surface area (Å²) in [7, 11) is 0. The molecule has 19 heavy (non-hydrogen) atoms. The van der Waals surface area contributed by atoms with Gasteiger partial charge in [-0.3, -0.25) is 0 Å². The van der Waals surface area contributed by atoms with Crippen LogP contribution >= 0.6 is 0 Å². The number of aromatic nitrogens is 2. The second-order valence-corrected chi connectivity index (χ2v) is 5.02. The average Bonchev–Trinajstić information content (AvgIpc) is 2.94. The Morgan fingerprint density at radius 2 is 1.84 bits per heavy atom. The van der Waals surface area contributed by atoms with Gasteiger partial charge in [-0.15, -0.1) is 0 Å². The molecule has 0 radical (unpaired) electrons. The van der Waals surface area contributed by atoms with Crippen molar-refractivity contribution in [3.8, 4) is 0 Å². The van der Waals surface area contributed by atoms with Crippen LogP contribution in [0.1, 0.15) is 35.7 Å². The minimum Gasteiger partial charge on any atom is -0.366 e. The maximum absolute atomic E-state index is 4.38. The van der Waals surface area contributed by atoms with Crippen LogP contribution in [0.4, 0.5) is 5.82 Å². The third-order valence-corrected chi connectivity index (χ3v) is 3.77. The monoisotopic (exact) mass is 253 g/mol. The van der Waals surface area contributed by atoms with E-state index in [9.17, 15) is 0 Å². The predicted molar refractivity (Wildman–Crippen MR) is 77.2 cm³/mol. The summed E-state index contributed by atoms with van der Waals surface area (Å²) in [6, 6.07) is 8.77. The Labute approximate surface area is 114 Å². The van der Waals surface area contributed by atoms with Gasteiger partial charge in [0.25, 0.3) is 0 Å². The number of nitrogens with one attached hydrogen (secondary N) is 1. The number of aryl methyl sites for hydroxylation is 2. The second-order valence-electron chi connectivity index (χ2n) is 5.02. The van der Waals surface area contributed by atoms with Crippen LogP contribution < -0.4 is 5.32 Å². The lowest BCUT2D eigenvalue weighted by atomic mass is 10.1. The molecule has 0 atom stereocenters. The van der Waals surface area contributed by atoms with Crippen molar-refractivity contribution < 1.29 is 0 Å². The smallest absolute Gasteiger partial charge is 0.133 e. The first-order valence-corrected chi connectivity index (χ1v) is 7.01. The predicted octanol–water partition coefficient (Wildman–Crippen LogP) is 3.14. The Kier molecular flexibility index (Phi) is 3.45. The van der Waals surface area contributed by atoms with Crippen LogP contribution in [0.2, 0.25) is 0 Å². The van der Waals surface area contributed by atoms with Gasteiger partial charge in [-0.2, -0.15) is 0 Å². The van der Waals surface area contributed by atoms with Gasteiger partial charge >= 0.3 is 0 Å². The number of anilines is 1. The third kappa shape index (κ3) is 2.60. The minimum atomic E-state index is 0.827. The molecule has 0 saturated heterocycles. The highest BCUT2D eigenvalue weighted by Crippen LogP contribution is 2.25. The van der Waals surface area contributed by atoms with E-state index in [0.717, 1.165) is 31.6 Å².